The van der Waals surface area contributed by atoms with Gasteiger partial charge in [0.2, 0.25) is 0 Å². The van der Waals surface area contributed by atoms with Crippen LogP contribution in [0.15, 0.2) is 140 Å². The summed E-state index contributed by atoms with van der Waals surface area (Å²) in [6.45, 7) is 0. The molecule has 4 heterocycles. The average Bonchev–Trinajstić information content (AvgIpc) is 3.87. The second kappa shape index (κ2) is 9.70. The van der Waals surface area contributed by atoms with Crippen LogP contribution in [0.3, 0.4) is 0 Å². The van der Waals surface area contributed by atoms with Gasteiger partial charge in [-0.1, -0.05) is 0 Å². The van der Waals surface area contributed by atoms with Crippen LogP contribution in [0.4, 0.5) is 0 Å². The molecule has 3 nitrogen and oxygen atoms in total. The van der Waals surface area contributed by atoms with Gasteiger partial charge in [0.25, 0.3) is 0 Å². The summed E-state index contributed by atoms with van der Waals surface area (Å²) >= 11 is 2.12. The van der Waals surface area contributed by atoms with E-state index < -0.39 is 0 Å². The molecule has 0 saturated carbocycles. The molecule has 0 amide bonds. The summed E-state index contributed by atoms with van der Waals surface area (Å²) in [4.78, 5) is 0. The van der Waals surface area contributed by atoms with Crippen LogP contribution in [0.25, 0.3) is 94.5 Å². The number of aromatic nitrogens is 2. The number of thiophene rings is 1. The summed E-state index contributed by atoms with van der Waals surface area (Å²) in [5, 5.41) is 19.8. The number of rotatable bonds is 2. The summed E-state index contributed by atoms with van der Waals surface area (Å²) < 4.78 is 10.3. The Morgan fingerprint density at radius 2 is 1.02 bits per heavy atom. The molecule has 0 fully saturated rings. The second-order valence-corrected chi connectivity index (χ2v) is 15.8. The van der Waals surface area contributed by atoms with Gasteiger partial charge in [-0.05, 0) is 0 Å². The minimum absolute atomic E-state index is 0.243. The van der Waals surface area contributed by atoms with Crippen molar-refractivity contribution in [3.05, 3.63) is 145 Å². The standard InChI is InChI=1S/C43H23N3SSe/c44-24-25-13-16-38-31(19-25)28-7-1-4-10-36(28)45(38)26-14-17-42-34(20-26)35-21-27(15-18-43(35)48-42)46-37-11-5-2-8-29(37)32-23-41-33(22-39(32)46)30-9-3-6-12-40(30)47-41/h1-23H. The van der Waals surface area contributed by atoms with E-state index in [-0.39, 0.29) is 14.5 Å². The van der Waals surface area contributed by atoms with Crippen LogP contribution >= 0.6 is 11.3 Å². The third-order valence-electron chi connectivity index (χ3n) is 9.93. The molecule has 0 unspecified atom stereocenters. The fourth-order valence-electron chi connectivity index (χ4n) is 7.82. The molecule has 0 aliphatic heterocycles. The van der Waals surface area contributed by atoms with Gasteiger partial charge in [-0.25, -0.2) is 0 Å². The zero-order chi connectivity index (χ0) is 31.5. The Hall–Kier alpha value is -5.63. The first-order chi connectivity index (χ1) is 23.7. The van der Waals surface area contributed by atoms with Gasteiger partial charge in [-0.2, -0.15) is 0 Å². The van der Waals surface area contributed by atoms with Crippen molar-refractivity contribution in [2.24, 2.45) is 0 Å². The van der Waals surface area contributed by atoms with E-state index in [1.54, 1.807) is 0 Å². The molecular formula is C43H23N3SSe. The quantitative estimate of drug-likeness (QED) is 0.166. The Balaban J connectivity index is 1.17. The van der Waals surface area contributed by atoms with Crippen molar-refractivity contribution in [1.29, 1.82) is 5.26 Å². The Kier molecular flexibility index (Phi) is 5.34. The zero-order valence-electron chi connectivity index (χ0n) is 25.4. The number of fused-ring (bicyclic) bond motifs is 12. The maximum atomic E-state index is 9.62. The van der Waals surface area contributed by atoms with Gasteiger partial charge in [-0.15, -0.1) is 0 Å². The van der Waals surface area contributed by atoms with Crippen molar-refractivity contribution in [2.45, 2.75) is 0 Å². The van der Waals surface area contributed by atoms with Crippen LogP contribution in [-0.4, -0.2) is 23.6 Å². The van der Waals surface area contributed by atoms with Gasteiger partial charge in [0, 0.05) is 0 Å². The van der Waals surface area contributed by atoms with E-state index in [9.17, 15) is 5.26 Å². The molecule has 4 aromatic heterocycles. The Labute approximate surface area is 284 Å². The molecular weight excluding hydrogens is 670 g/mol. The van der Waals surface area contributed by atoms with Crippen molar-refractivity contribution < 1.29 is 0 Å². The molecule has 48 heavy (non-hydrogen) atoms. The van der Waals surface area contributed by atoms with Gasteiger partial charge in [0.15, 0.2) is 0 Å². The summed E-state index contributed by atoms with van der Waals surface area (Å²) in [6, 6.07) is 53.3. The van der Waals surface area contributed by atoms with Crippen LogP contribution in [0.2, 0.25) is 0 Å². The van der Waals surface area contributed by atoms with Crippen LogP contribution in [0.1, 0.15) is 5.56 Å². The van der Waals surface area contributed by atoms with Gasteiger partial charge >= 0.3 is 286 Å². The summed E-state index contributed by atoms with van der Waals surface area (Å²) in [7, 11) is 0. The van der Waals surface area contributed by atoms with Crippen LogP contribution < -0.4 is 0 Å². The van der Waals surface area contributed by atoms with E-state index in [2.05, 4.69) is 143 Å². The number of hydrogen-bond donors (Lipinski definition) is 0. The molecule has 0 spiro atoms. The number of hydrogen-bond acceptors (Lipinski definition) is 2. The molecule has 11 aromatic rings. The zero-order valence-corrected chi connectivity index (χ0v) is 28.0. The summed E-state index contributed by atoms with van der Waals surface area (Å²) in [5.41, 5.74) is 7.75. The fourth-order valence-corrected chi connectivity index (χ4v) is 11.2. The van der Waals surface area contributed by atoms with Gasteiger partial charge in [0.05, 0.1) is 0 Å². The van der Waals surface area contributed by atoms with E-state index in [4.69, 9.17) is 0 Å². The van der Waals surface area contributed by atoms with Crippen LogP contribution in [0.5, 0.6) is 0 Å². The fraction of sp³-hybridized carbons (Fsp3) is 0. The van der Waals surface area contributed by atoms with Crippen LogP contribution in [0, 0.1) is 11.3 Å². The number of para-hydroxylation sites is 2. The van der Waals surface area contributed by atoms with Crippen molar-refractivity contribution >= 4 is 109 Å². The summed E-state index contributed by atoms with van der Waals surface area (Å²) in [5.74, 6) is 0. The third-order valence-corrected chi connectivity index (χ3v) is 13.5. The average molecular weight is 693 g/mol. The van der Waals surface area contributed by atoms with Crippen molar-refractivity contribution in [2.75, 3.05) is 0 Å². The second-order valence-electron chi connectivity index (χ2n) is 12.5. The molecule has 0 bridgehead atoms. The molecule has 0 atom stereocenters. The Morgan fingerprint density at radius 3 is 1.71 bits per heavy atom. The normalized spacial score (nSPS) is 12.1. The maximum absolute atomic E-state index is 9.62. The third kappa shape index (κ3) is 3.57. The van der Waals surface area contributed by atoms with Crippen molar-refractivity contribution in [3.63, 3.8) is 0 Å². The number of nitriles is 1. The molecule has 0 radical (unpaired) electrons. The molecule has 7 aromatic carbocycles. The van der Waals surface area contributed by atoms with Gasteiger partial charge in [-0.3, -0.25) is 0 Å². The van der Waals surface area contributed by atoms with Crippen LogP contribution in [-0.2, 0) is 0 Å². The summed E-state index contributed by atoms with van der Waals surface area (Å²) in [6.07, 6.45) is 0. The van der Waals surface area contributed by atoms with E-state index in [1.807, 2.05) is 23.5 Å². The number of benzene rings is 7. The first-order valence-corrected chi connectivity index (χ1v) is 18.5. The molecule has 0 saturated heterocycles. The Morgan fingerprint density at radius 1 is 0.438 bits per heavy atom. The first-order valence-electron chi connectivity index (χ1n) is 16.0. The van der Waals surface area contributed by atoms with E-state index in [1.165, 1.54) is 67.0 Å². The van der Waals surface area contributed by atoms with Crippen molar-refractivity contribution in [3.8, 4) is 17.4 Å². The number of nitrogens with zero attached hydrogens (tertiary/aromatic N) is 3. The molecule has 11 rings (SSSR count). The molecule has 5 heteroatoms. The monoisotopic (exact) mass is 693 g/mol. The topological polar surface area (TPSA) is 33.6 Å². The molecule has 222 valence electrons. The van der Waals surface area contributed by atoms with E-state index in [0.29, 0.717) is 5.56 Å². The SMILES string of the molecule is N#Cc1ccc2c(c1)c1ccccc1n2-c1ccc2[se]c3ccc(-n4c5ccccc5c5cc6sc7ccccc7c6cc54)cc3c2c1. The predicted molar refractivity (Wildman–Crippen MR) is 205 cm³/mol. The Bertz CT molecular complexity index is 3200. The predicted octanol–water partition coefficient (Wildman–Crippen LogP) is 11.5. The van der Waals surface area contributed by atoms with Crippen molar-refractivity contribution in [1.82, 2.24) is 9.13 Å². The minimum atomic E-state index is 0.243. The molecule has 0 aliphatic rings. The van der Waals surface area contributed by atoms with E-state index in [0.717, 1.165) is 27.5 Å². The van der Waals surface area contributed by atoms with Gasteiger partial charge < -0.3 is 0 Å². The van der Waals surface area contributed by atoms with E-state index >= 15 is 0 Å². The molecule has 0 N–H and O–H groups in total. The van der Waals surface area contributed by atoms with Gasteiger partial charge in [0.1, 0.15) is 0 Å². The molecule has 0 aliphatic carbocycles. The first kappa shape index (κ1) is 26.4.